The van der Waals surface area contributed by atoms with Crippen LogP contribution < -0.4 is 14.8 Å². The minimum atomic E-state index is -3.68. The molecule has 2 aliphatic rings. The van der Waals surface area contributed by atoms with E-state index in [0.717, 1.165) is 5.56 Å². The number of alkyl halides is 2. The van der Waals surface area contributed by atoms with Crippen LogP contribution in [0.3, 0.4) is 0 Å². The second kappa shape index (κ2) is 6.25. The number of rotatable bonds is 3. The predicted molar refractivity (Wildman–Crippen MR) is 89.4 cm³/mol. The van der Waals surface area contributed by atoms with E-state index in [2.05, 4.69) is 14.8 Å². The Hall–Kier alpha value is -2.67. The molecule has 2 heterocycles. The molecule has 26 heavy (non-hydrogen) atoms. The Bertz CT molecular complexity index is 820. The minimum Gasteiger partial charge on any atom is -0.395 e. The molecule has 1 saturated heterocycles. The number of carbonyl (C=O) groups excluding carboxylic acids is 1. The summed E-state index contributed by atoms with van der Waals surface area (Å²) in [5.41, 5.74) is 0.560. The van der Waals surface area contributed by atoms with Gasteiger partial charge in [0.1, 0.15) is 0 Å². The molecule has 2 aromatic carbocycles. The normalized spacial score (nSPS) is 19.8. The van der Waals surface area contributed by atoms with E-state index in [0.29, 0.717) is 31.7 Å². The van der Waals surface area contributed by atoms with Crippen molar-refractivity contribution in [2.45, 2.75) is 24.6 Å². The van der Waals surface area contributed by atoms with Crippen molar-refractivity contribution >= 4 is 11.6 Å². The smallest absolute Gasteiger partial charge is 0.395 e. The Balaban J connectivity index is 1.60. The summed E-state index contributed by atoms with van der Waals surface area (Å²) in [6.07, 6.45) is -2.59. The number of halogens is 2. The molecule has 1 fully saturated rings. The molecule has 0 unspecified atom stereocenters. The maximum Gasteiger partial charge on any atom is 0.586 e. The second-order valence-corrected chi connectivity index (χ2v) is 6.34. The topological polar surface area (TPSA) is 56.8 Å². The van der Waals surface area contributed by atoms with Crippen LogP contribution >= 0.6 is 0 Å². The third-order valence-electron chi connectivity index (χ3n) is 4.77. The molecule has 0 spiro atoms. The Labute approximate surface area is 148 Å². The summed E-state index contributed by atoms with van der Waals surface area (Å²) in [7, 11) is 0. The number of amides is 1. The SMILES string of the molecule is O=C(Nc1ccc2c(c1)OC(F)(F)O2)C1(c2ccccc2)CCOCC1. The number of anilines is 1. The van der Waals surface area contributed by atoms with Gasteiger partial charge >= 0.3 is 6.29 Å². The Morgan fingerprint density at radius 3 is 2.38 bits per heavy atom. The van der Waals surface area contributed by atoms with Crippen LogP contribution in [0.15, 0.2) is 48.5 Å². The van der Waals surface area contributed by atoms with Gasteiger partial charge in [-0.15, -0.1) is 8.78 Å². The molecule has 0 radical (unpaired) electrons. The molecular formula is C19H17F2NO4. The lowest BCUT2D eigenvalue weighted by Crippen LogP contribution is -2.44. The number of ether oxygens (including phenoxy) is 3. The predicted octanol–water partition coefficient (Wildman–Crippen LogP) is 3.70. The number of carbonyl (C=O) groups is 1. The van der Waals surface area contributed by atoms with Crippen molar-refractivity contribution in [3.63, 3.8) is 0 Å². The molecule has 4 rings (SSSR count). The van der Waals surface area contributed by atoms with Gasteiger partial charge in [0.05, 0.1) is 5.41 Å². The number of hydrogen-bond acceptors (Lipinski definition) is 4. The molecule has 0 aliphatic carbocycles. The molecule has 0 bridgehead atoms. The fourth-order valence-electron chi connectivity index (χ4n) is 3.40. The molecule has 136 valence electrons. The van der Waals surface area contributed by atoms with Gasteiger partial charge < -0.3 is 19.5 Å². The first-order chi connectivity index (χ1) is 12.5. The maximum atomic E-state index is 13.2. The quantitative estimate of drug-likeness (QED) is 0.906. The summed E-state index contributed by atoms with van der Waals surface area (Å²) in [4.78, 5) is 13.1. The summed E-state index contributed by atoms with van der Waals surface area (Å²) >= 11 is 0. The first-order valence-electron chi connectivity index (χ1n) is 8.33. The van der Waals surface area contributed by atoms with Crippen LogP contribution in [-0.4, -0.2) is 25.4 Å². The Kier molecular flexibility index (Phi) is 4.03. The number of fused-ring (bicyclic) bond motifs is 1. The van der Waals surface area contributed by atoms with Gasteiger partial charge in [0, 0.05) is 25.0 Å². The van der Waals surface area contributed by atoms with Gasteiger partial charge in [-0.25, -0.2) is 0 Å². The van der Waals surface area contributed by atoms with Crippen molar-refractivity contribution in [3.05, 3.63) is 54.1 Å². The van der Waals surface area contributed by atoms with Crippen molar-refractivity contribution in [1.29, 1.82) is 0 Å². The number of nitrogens with one attached hydrogen (secondary N) is 1. The van der Waals surface area contributed by atoms with E-state index < -0.39 is 11.7 Å². The fourth-order valence-corrected chi connectivity index (χ4v) is 3.40. The van der Waals surface area contributed by atoms with Crippen molar-refractivity contribution in [2.75, 3.05) is 18.5 Å². The van der Waals surface area contributed by atoms with E-state index in [4.69, 9.17) is 4.74 Å². The lowest BCUT2D eigenvalue weighted by molar-refractivity contribution is -0.286. The lowest BCUT2D eigenvalue weighted by Gasteiger charge is -2.36. The third kappa shape index (κ3) is 2.99. The third-order valence-corrected chi connectivity index (χ3v) is 4.77. The zero-order valence-electron chi connectivity index (χ0n) is 13.8. The van der Waals surface area contributed by atoms with Crippen LogP contribution in [-0.2, 0) is 14.9 Å². The zero-order valence-corrected chi connectivity index (χ0v) is 13.8. The van der Waals surface area contributed by atoms with E-state index in [9.17, 15) is 13.6 Å². The second-order valence-electron chi connectivity index (χ2n) is 6.34. The molecule has 0 aromatic heterocycles. The van der Waals surface area contributed by atoms with Crippen LogP contribution in [0.5, 0.6) is 11.5 Å². The van der Waals surface area contributed by atoms with Crippen LogP contribution in [0.1, 0.15) is 18.4 Å². The molecule has 2 aromatic rings. The first-order valence-corrected chi connectivity index (χ1v) is 8.33. The first kappa shape index (κ1) is 16.8. The van der Waals surface area contributed by atoms with E-state index in [1.807, 2.05) is 30.3 Å². The molecule has 0 atom stereocenters. The van der Waals surface area contributed by atoms with Crippen LogP contribution in [0.4, 0.5) is 14.5 Å². The molecular weight excluding hydrogens is 344 g/mol. The van der Waals surface area contributed by atoms with E-state index in [-0.39, 0.29) is 17.4 Å². The average molecular weight is 361 g/mol. The molecule has 0 saturated carbocycles. The van der Waals surface area contributed by atoms with Gasteiger partial charge in [0.25, 0.3) is 0 Å². The highest BCUT2D eigenvalue weighted by Gasteiger charge is 2.44. The van der Waals surface area contributed by atoms with Gasteiger partial charge in [0.2, 0.25) is 5.91 Å². The van der Waals surface area contributed by atoms with Gasteiger partial charge in [0.15, 0.2) is 11.5 Å². The van der Waals surface area contributed by atoms with Gasteiger partial charge in [-0.1, -0.05) is 30.3 Å². The average Bonchev–Trinajstić information content (AvgIpc) is 2.96. The summed E-state index contributed by atoms with van der Waals surface area (Å²) in [5.74, 6) is -0.358. The van der Waals surface area contributed by atoms with E-state index in [1.165, 1.54) is 18.2 Å². The van der Waals surface area contributed by atoms with Gasteiger partial charge in [-0.05, 0) is 30.5 Å². The van der Waals surface area contributed by atoms with E-state index in [1.54, 1.807) is 0 Å². The van der Waals surface area contributed by atoms with Gasteiger partial charge in [-0.3, -0.25) is 4.79 Å². The maximum absolute atomic E-state index is 13.2. The lowest BCUT2D eigenvalue weighted by atomic mass is 9.73. The number of benzene rings is 2. The van der Waals surface area contributed by atoms with Crippen LogP contribution in [0, 0.1) is 0 Å². The Morgan fingerprint density at radius 2 is 1.65 bits per heavy atom. The summed E-state index contributed by atoms with van der Waals surface area (Å²) in [6.45, 7) is 0.964. The van der Waals surface area contributed by atoms with Gasteiger partial charge in [-0.2, -0.15) is 0 Å². The van der Waals surface area contributed by atoms with Crippen molar-refractivity contribution in [2.24, 2.45) is 0 Å². The molecule has 1 amide bonds. The highest BCUT2D eigenvalue weighted by Crippen LogP contribution is 2.43. The Morgan fingerprint density at radius 1 is 0.962 bits per heavy atom. The molecule has 1 N–H and O–H groups in total. The summed E-state index contributed by atoms with van der Waals surface area (Å²) in [6, 6.07) is 13.7. The van der Waals surface area contributed by atoms with Crippen LogP contribution in [0.25, 0.3) is 0 Å². The highest BCUT2D eigenvalue weighted by atomic mass is 19.3. The van der Waals surface area contributed by atoms with Crippen LogP contribution in [0.2, 0.25) is 0 Å². The minimum absolute atomic E-state index is 0.0585. The van der Waals surface area contributed by atoms with E-state index >= 15 is 0 Å². The molecule has 5 nitrogen and oxygen atoms in total. The molecule has 7 heteroatoms. The highest BCUT2D eigenvalue weighted by molar-refractivity contribution is 5.99. The summed E-state index contributed by atoms with van der Waals surface area (Å²) < 4.78 is 40.6. The number of hydrogen-bond donors (Lipinski definition) is 1. The van der Waals surface area contributed by atoms with Crippen molar-refractivity contribution < 1.29 is 27.8 Å². The summed E-state index contributed by atoms with van der Waals surface area (Å²) in [5, 5.41) is 2.83. The fraction of sp³-hybridized carbons (Fsp3) is 0.316. The monoisotopic (exact) mass is 361 g/mol. The largest absolute Gasteiger partial charge is 0.586 e. The van der Waals surface area contributed by atoms with Crippen molar-refractivity contribution in [1.82, 2.24) is 0 Å². The standard InChI is InChI=1S/C19H17F2NO4/c20-19(21)25-15-7-6-14(12-16(15)26-19)22-17(23)18(8-10-24-11-9-18)13-4-2-1-3-5-13/h1-7,12H,8-11H2,(H,22,23). The molecule has 2 aliphatic heterocycles. The van der Waals surface area contributed by atoms with Crippen molar-refractivity contribution in [3.8, 4) is 11.5 Å². The zero-order chi connectivity index (χ0) is 18.2.